The molecule has 1 aromatic heterocycles. The molecule has 0 spiro atoms. The molecular weight excluding hydrogens is 416 g/mol. The Hall–Kier alpha value is -2.12. The number of aryl methyl sites for hydroxylation is 1. The number of carbonyl (C=O) groups is 1. The number of hydrogen-bond donors (Lipinski definition) is 2. The molecule has 26 heavy (non-hydrogen) atoms. The van der Waals surface area contributed by atoms with E-state index in [1.165, 1.54) is 12.1 Å². The Balaban J connectivity index is 1.95. The fourth-order valence-corrected chi connectivity index (χ4v) is 4.32. The standard InChI is InChI=1S/C19H19BrN2O3S/c1-11(2)18-12(3)21-17-9-4-13(10-16(17)18)19(23)22-26(24,25)15-7-5-14(20)6-8-15/h4-11,21H,1-3H3,(H,22,23). The van der Waals surface area contributed by atoms with Crippen LogP contribution in [0.4, 0.5) is 0 Å². The van der Waals surface area contributed by atoms with E-state index < -0.39 is 15.9 Å². The van der Waals surface area contributed by atoms with E-state index in [-0.39, 0.29) is 10.8 Å². The zero-order valence-corrected chi connectivity index (χ0v) is 17.0. The molecule has 0 saturated carbocycles. The highest BCUT2D eigenvalue weighted by molar-refractivity contribution is 9.10. The molecule has 0 radical (unpaired) electrons. The van der Waals surface area contributed by atoms with E-state index in [1.54, 1.807) is 30.3 Å². The third-order valence-electron chi connectivity index (χ3n) is 4.23. The number of fused-ring (bicyclic) bond motifs is 1. The number of nitrogens with one attached hydrogen (secondary N) is 2. The summed E-state index contributed by atoms with van der Waals surface area (Å²) < 4.78 is 27.7. The van der Waals surface area contributed by atoms with Crippen molar-refractivity contribution in [1.29, 1.82) is 0 Å². The lowest BCUT2D eigenvalue weighted by molar-refractivity contribution is 0.0981. The first kappa shape index (κ1) is 18.7. The molecule has 5 nitrogen and oxygen atoms in total. The first-order chi connectivity index (χ1) is 12.2. The van der Waals surface area contributed by atoms with Crippen LogP contribution >= 0.6 is 15.9 Å². The van der Waals surface area contributed by atoms with Gasteiger partial charge < -0.3 is 4.98 Å². The normalized spacial score (nSPS) is 11.9. The van der Waals surface area contributed by atoms with Crippen LogP contribution in [-0.4, -0.2) is 19.3 Å². The maximum Gasteiger partial charge on any atom is 0.265 e. The van der Waals surface area contributed by atoms with E-state index >= 15 is 0 Å². The number of benzene rings is 2. The second kappa shape index (κ2) is 6.89. The summed E-state index contributed by atoms with van der Waals surface area (Å²) in [6.45, 7) is 6.16. The molecule has 3 rings (SSSR count). The number of H-pyrrole nitrogens is 1. The Morgan fingerprint density at radius 2 is 1.77 bits per heavy atom. The number of aromatic nitrogens is 1. The van der Waals surface area contributed by atoms with Crippen LogP contribution in [0.2, 0.25) is 0 Å². The van der Waals surface area contributed by atoms with Gasteiger partial charge in [0.25, 0.3) is 15.9 Å². The summed E-state index contributed by atoms with van der Waals surface area (Å²) >= 11 is 3.26. The molecule has 7 heteroatoms. The number of sulfonamides is 1. The summed E-state index contributed by atoms with van der Waals surface area (Å²) in [4.78, 5) is 15.9. The maximum absolute atomic E-state index is 12.5. The summed E-state index contributed by atoms with van der Waals surface area (Å²) in [5.41, 5.74) is 3.41. The second-order valence-corrected chi connectivity index (χ2v) is 9.07. The van der Waals surface area contributed by atoms with Crippen molar-refractivity contribution in [1.82, 2.24) is 9.71 Å². The van der Waals surface area contributed by atoms with E-state index in [2.05, 4.69) is 39.5 Å². The highest BCUT2D eigenvalue weighted by Gasteiger charge is 2.20. The minimum atomic E-state index is -3.93. The van der Waals surface area contributed by atoms with Gasteiger partial charge in [-0.3, -0.25) is 4.79 Å². The Labute approximate surface area is 161 Å². The van der Waals surface area contributed by atoms with Crippen LogP contribution in [0, 0.1) is 6.92 Å². The molecule has 0 aliphatic carbocycles. The van der Waals surface area contributed by atoms with Gasteiger partial charge in [-0.15, -0.1) is 0 Å². The van der Waals surface area contributed by atoms with Gasteiger partial charge in [0.2, 0.25) is 0 Å². The Bertz CT molecular complexity index is 1080. The van der Waals surface area contributed by atoms with Crippen LogP contribution in [-0.2, 0) is 10.0 Å². The molecule has 2 N–H and O–H groups in total. The van der Waals surface area contributed by atoms with E-state index in [0.29, 0.717) is 5.56 Å². The van der Waals surface area contributed by atoms with Gasteiger partial charge in [0, 0.05) is 26.6 Å². The number of hydrogen-bond acceptors (Lipinski definition) is 3. The van der Waals surface area contributed by atoms with Crippen LogP contribution < -0.4 is 4.72 Å². The van der Waals surface area contributed by atoms with Crippen LogP contribution in [0.3, 0.4) is 0 Å². The van der Waals surface area contributed by atoms with Crippen LogP contribution in [0.15, 0.2) is 51.8 Å². The first-order valence-corrected chi connectivity index (χ1v) is 10.4. The number of rotatable bonds is 4. The van der Waals surface area contributed by atoms with Gasteiger partial charge in [0.15, 0.2) is 0 Å². The van der Waals surface area contributed by atoms with Crippen molar-refractivity contribution in [3.63, 3.8) is 0 Å². The van der Waals surface area contributed by atoms with Gasteiger partial charge >= 0.3 is 0 Å². The van der Waals surface area contributed by atoms with Gasteiger partial charge in [-0.05, 0) is 60.9 Å². The first-order valence-electron chi connectivity index (χ1n) is 8.14. The third-order valence-corrected chi connectivity index (χ3v) is 6.10. The van der Waals surface area contributed by atoms with Gasteiger partial charge in [-0.2, -0.15) is 0 Å². The SMILES string of the molecule is Cc1[nH]c2ccc(C(=O)NS(=O)(=O)c3ccc(Br)cc3)cc2c1C(C)C. The molecule has 0 atom stereocenters. The van der Waals surface area contributed by atoms with Crippen molar-refractivity contribution in [2.75, 3.05) is 0 Å². The van der Waals surface area contributed by atoms with Gasteiger partial charge in [0.1, 0.15) is 0 Å². The molecular formula is C19H19BrN2O3S. The highest BCUT2D eigenvalue weighted by atomic mass is 79.9. The summed E-state index contributed by atoms with van der Waals surface area (Å²) in [6, 6.07) is 11.3. The summed E-state index contributed by atoms with van der Waals surface area (Å²) in [5, 5.41) is 0.936. The number of amides is 1. The summed E-state index contributed by atoms with van der Waals surface area (Å²) in [7, 11) is -3.93. The fourth-order valence-electron chi connectivity index (χ4n) is 3.09. The van der Waals surface area contributed by atoms with E-state index in [0.717, 1.165) is 26.6 Å². The second-order valence-electron chi connectivity index (χ2n) is 6.47. The lowest BCUT2D eigenvalue weighted by Crippen LogP contribution is -2.30. The van der Waals surface area contributed by atoms with Crippen LogP contribution in [0.1, 0.15) is 41.4 Å². The van der Waals surface area contributed by atoms with Crippen molar-refractivity contribution in [2.24, 2.45) is 0 Å². The van der Waals surface area contributed by atoms with Crippen molar-refractivity contribution in [2.45, 2.75) is 31.6 Å². The molecule has 1 heterocycles. The topological polar surface area (TPSA) is 79.0 Å². The molecule has 0 saturated heterocycles. The van der Waals surface area contributed by atoms with Crippen LogP contribution in [0.25, 0.3) is 10.9 Å². The van der Waals surface area contributed by atoms with Gasteiger partial charge in [-0.25, -0.2) is 13.1 Å². The van der Waals surface area contributed by atoms with Crippen molar-refractivity contribution >= 4 is 42.8 Å². The Morgan fingerprint density at radius 3 is 2.38 bits per heavy atom. The van der Waals surface area contributed by atoms with Gasteiger partial charge in [-0.1, -0.05) is 29.8 Å². The molecule has 0 aliphatic heterocycles. The van der Waals surface area contributed by atoms with Crippen molar-refractivity contribution in [3.05, 3.63) is 63.8 Å². The number of halogens is 1. The maximum atomic E-state index is 12.5. The molecule has 3 aromatic rings. The largest absolute Gasteiger partial charge is 0.358 e. The zero-order valence-electron chi connectivity index (χ0n) is 14.6. The van der Waals surface area contributed by atoms with E-state index in [9.17, 15) is 13.2 Å². The number of aromatic amines is 1. The summed E-state index contributed by atoms with van der Waals surface area (Å²) in [5.74, 6) is -0.364. The van der Waals surface area contributed by atoms with E-state index in [4.69, 9.17) is 0 Å². The predicted octanol–water partition coefficient (Wildman–Crippen LogP) is 4.48. The summed E-state index contributed by atoms with van der Waals surface area (Å²) in [6.07, 6.45) is 0. The molecule has 2 aromatic carbocycles. The molecule has 0 aliphatic rings. The lowest BCUT2D eigenvalue weighted by atomic mass is 9.98. The predicted molar refractivity (Wildman–Crippen MR) is 106 cm³/mol. The Morgan fingerprint density at radius 1 is 1.12 bits per heavy atom. The third kappa shape index (κ3) is 3.54. The van der Waals surface area contributed by atoms with Gasteiger partial charge in [0.05, 0.1) is 4.90 Å². The van der Waals surface area contributed by atoms with Crippen molar-refractivity contribution < 1.29 is 13.2 Å². The zero-order chi connectivity index (χ0) is 19.1. The molecule has 136 valence electrons. The Kier molecular flexibility index (Phi) is 4.94. The smallest absolute Gasteiger partial charge is 0.265 e. The fraction of sp³-hybridized carbons (Fsp3) is 0.211. The molecule has 0 unspecified atom stereocenters. The molecule has 0 fully saturated rings. The highest BCUT2D eigenvalue weighted by Crippen LogP contribution is 2.29. The van der Waals surface area contributed by atoms with E-state index in [1.807, 2.05) is 6.92 Å². The molecule has 1 amide bonds. The van der Waals surface area contributed by atoms with Crippen molar-refractivity contribution in [3.8, 4) is 0 Å². The van der Waals surface area contributed by atoms with Crippen LogP contribution in [0.5, 0.6) is 0 Å². The lowest BCUT2D eigenvalue weighted by Gasteiger charge is -2.09. The average molecular weight is 435 g/mol. The quantitative estimate of drug-likeness (QED) is 0.634. The minimum absolute atomic E-state index is 0.0375. The minimum Gasteiger partial charge on any atom is -0.358 e. The monoisotopic (exact) mass is 434 g/mol. The number of carbonyl (C=O) groups excluding carboxylic acids is 1. The average Bonchev–Trinajstić information content (AvgIpc) is 2.89. The molecule has 0 bridgehead atoms.